The summed E-state index contributed by atoms with van der Waals surface area (Å²) in [4.78, 5) is 15.4. The zero-order valence-corrected chi connectivity index (χ0v) is 17.3. The molecule has 0 fully saturated rings. The number of hydrogen-bond acceptors (Lipinski definition) is 6. The third-order valence-electron chi connectivity index (χ3n) is 4.63. The fourth-order valence-electron chi connectivity index (χ4n) is 3.30. The highest BCUT2D eigenvalue weighted by Crippen LogP contribution is 2.33. The van der Waals surface area contributed by atoms with Crippen molar-refractivity contribution in [3.8, 4) is 0 Å². The number of aryl methyl sites for hydroxylation is 3. The summed E-state index contributed by atoms with van der Waals surface area (Å²) in [5.41, 5.74) is 12.3. The van der Waals surface area contributed by atoms with Gasteiger partial charge in [-0.1, -0.05) is 36.4 Å². The first-order valence-corrected chi connectivity index (χ1v) is 9.77. The van der Waals surface area contributed by atoms with Crippen molar-refractivity contribution in [2.45, 2.75) is 20.8 Å². The smallest absolute Gasteiger partial charge is 0.241 e. The SMILES string of the molecule is Cc1cccc(Nc2nc(N)nc(N(c3cccc(C)c3)c3cccc(C)c3)n2)c1. The molecule has 6 nitrogen and oxygen atoms in total. The molecule has 0 aliphatic carbocycles. The molecule has 0 aliphatic rings. The van der Waals surface area contributed by atoms with E-state index in [4.69, 9.17) is 5.73 Å². The minimum Gasteiger partial charge on any atom is -0.368 e. The Labute approximate surface area is 176 Å². The van der Waals surface area contributed by atoms with Gasteiger partial charge in [-0.05, 0) is 73.9 Å². The van der Waals surface area contributed by atoms with Crippen molar-refractivity contribution in [2.24, 2.45) is 0 Å². The van der Waals surface area contributed by atoms with Crippen LogP contribution in [0, 0.1) is 20.8 Å². The number of anilines is 6. The van der Waals surface area contributed by atoms with E-state index in [1.54, 1.807) is 0 Å². The van der Waals surface area contributed by atoms with Gasteiger partial charge < -0.3 is 11.1 Å². The molecule has 1 aromatic heterocycles. The second kappa shape index (κ2) is 8.21. The third-order valence-corrected chi connectivity index (χ3v) is 4.63. The number of hydrogen-bond donors (Lipinski definition) is 2. The van der Waals surface area contributed by atoms with E-state index in [-0.39, 0.29) is 5.95 Å². The molecule has 0 unspecified atom stereocenters. The molecule has 30 heavy (non-hydrogen) atoms. The van der Waals surface area contributed by atoms with Crippen molar-refractivity contribution in [3.63, 3.8) is 0 Å². The lowest BCUT2D eigenvalue weighted by atomic mass is 10.1. The van der Waals surface area contributed by atoms with Crippen LogP contribution in [0.15, 0.2) is 72.8 Å². The van der Waals surface area contributed by atoms with Gasteiger partial charge in [0.05, 0.1) is 0 Å². The van der Waals surface area contributed by atoms with E-state index in [0.717, 1.165) is 33.8 Å². The Hall–Kier alpha value is -3.93. The van der Waals surface area contributed by atoms with Crippen LogP contribution in [-0.4, -0.2) is 15.0 Å². The summed E-state index contributed by atoms with van der Waals surface area (Å²) in [6.45, 7) is 6.16. The summed E-state index contributed by atoms with van der Waals surface area (Å²) in [6, 6.07) is 24.4. The molecule has 1 heterocycles. The minimum atomic E-state index is 0.153. The first-order chi connectivity index (χ1) is 14.5. The topological polar surface area (TPSA) is 80.0 Å². The van der Waals surface area contributed by atoms with Crippen LogP contribution >= 0.6 is 0 Å². The molecule has 3 N–H and O–H groups in total. The van der Waals surface area contributed by atoms with Gasteiger partial charge in [0.1, 0.15) is 0 Å². The van der Waals surface area contributed by atoms with E-state index in [0.29, 0.717) is 11.9 Å². The summed E-state index contributed by atoms with van der Waals surface area (Å²) in [5, 5.41) is 3.24. The highest BCUT2D eigenvalue weighted by atomic mass is 15.3. The Morgan fingerprint density at radius 1 is 0.700 bits per heavy atom. The predicted octanol–water partition coefficient (Wildman–Crippen LogP) is 5.59. The largest absolute Gasteiger partial charge is 0.368 e. The fraction of sp³-hybridized carbons (Fsp3) is 0.125. The van der Waals surface area contributed by atoms with Crippen LogP contribution in [0.1, 0.15) is 16.7 Å². The third kappa shape index (κ3) is 4.38. The second-order valence-corrected chi connectivity index (χ2v) is 7.33. The lowest BCUT2D eigenvalue weighted by Gasteiger charge is -2.24. The fourth-order valence-corrected chi connectivity index (χ4v) is 3.30. The number of nitrogens with one attached hydrogen (secondary N) is 1. The number of nitrogens with two attached hydrogens (primary N) is 1. The molecule has 4 rings (SSSR count). The van der Waals surface area contributed by atoms with Crippen LogP contribution in [0.4, 0.5) is 34.9 Å². The number of benzene rings is 3. The zero-order chi connectivity index (χ0) is 21.1. The van der Waals surface area contributed by atoms with E-state index in [1.807, 2.05) is 60.4 Å². The van der Waals surface area contributed by atoms with Crippen molar-refractivity contribution < 1.29 is 0 Å². The van der Waals surface area contributed by atoms with Crippen LogP contribution in [0.3, 0.4) is 0 Å². The van der Waals surface area contributed by atoms with Crippen molar-refractivity contribution in [3.05, 3.63) is 89.5 Å². The van der Waals surface area contributed by atoms with Crippen LogP contribution < -0.4 is 16.0 Å². The second-order valence-electron chi connectivity index (χ2n) is 7.33. The Morgan fingerprint density at radius 2 is 1.27 bits per heavy atom. The van der Waals surface area contributed by atoms with Gasteiger partial charge in [0.15, 0.2) is 0 Å². The molecule has 150 valence electrons. The van der Waals surface area contributed by atoms with E-state index < -0.39 is 0 Å². The molecular formula is C24H24N6. The predicted molar refractivity (Wildman–Crippen MR) is 123 cm³/mol. The molecular weight excluding hydrogens is 372 g/mol. The Balaban J connectivity index is 1.81. The van der Waals surface area contributed by atoms with Gasteiger partial charge in [-0.25, -0.2) is 0 Å². The number of nitrogens with zero attached hydrogens (tertiary/aromatic N) is 4. The lowest BCUT2D eigenvalue weighted by Crippen LogP contribution is -2.16. The maximum atomic E-state index is 6.07. The Morgan fingerprint density at radius 3 is 1.83 bits per heavy atom. The van der Waals surface area contributed by atoms with Gasteiger partial charge in [-0.3, -0.25) is 4.90 Å². The van der Waals surface area contributed by atoms with Gasteiger partial charge in [0, 0.05) is 17.1 Å². The molecule has 0 saturated carbocycles. The average Bonchev–Trinajstić information content (AvgIpc) is 2.68. The zero-order valence-electron chi connectivity index (χ0n) is 17.3. The number of aromatic nitrogens is 3. The van der Waals surface area contributed by atoms with Crippen LogP contribution in [0.5, 0.6) is 0 Å². The van der Waals surface area contributed by atoms with Gasteiger partial charge in [-0.15, -0.1) is 0 Å². The maximum Gasteiger partial charge on any atom is 0.241 e. The van der Waals surface area contributed by atoms with E-state index in [1.165, 1.54) is 0 Å². The summed E-state index contributed by atoms with van der Waals surface area (Å²) in [7, 11) is 0. The Kier molecular flexibility index (Phi) is 5.30. The maximum absolute atomic E-state index is 6.07. The van der Waals surface area contributed by atoms with E-state index in [2.05, 4.69) is 58.4 Å². The highest BCUT2D eigenvalue weighted by Gasteiger charge is 2.18. The summed E-state index contributed by atoms with van der Waals surface area (Å²) in [5.74, 6) is 1.00. The quantitative estimate of drug-likeness (QED) is 0.457. The first-order valence-electron chi connectivity index (χ1n) is 9.77. The van der Waals surface area contributed by atoms with Crippen molar-refractivity contribution in [2.75, 3.05) is 16.0 Å². The van der Waals surface area contributed by atoms with E-state index >= 15 is 0 Å². The normalized spacial score (nSPS) is 10.6. The Bertz CT molecular complexity index is 1140. The van der Waals surface area contributed by atoms with Crippen LogP contribution in [0.25, 0.3) is 0 Å². The summed E-state index contributed by atoms with van der Waals surface area (Å²) < 4.78 is 0. The van der Waals surface area contributed by atoms with Crippen LogP contribution in [-0.2, 0) is 0 Å². The number of rotatable bonds is 5. The molecule has 6 heteroatoms. The average molecular weight is 396 g/mol. The number of nitrogen functional groups attached to an aromatic ring is 1. The van der Waals surface area contributed by atoms with Gasteiger partial charge in [0.2, 0.25) is 17.8 Å². The molecule has 3 aromatic carbocycles. The van der Waals surface area contributed by atoms with Crippen molar-refractivity contribution in [1.82, 2.24) is 15.0 Å². The molecule has 0 radical (unpaired) electrons. The van der Waals surface area contributed by atoms with Crippen molar-refractivity contribution >= 4 is 34.9 Å². The van der Waals surface area contributed by atoms with Gasteiger partial charge in [0.25, 0.3) is 0 Å². The van der Waals surface area contributed by atoms with Gasteiger partial charge in [-0.2, -0.15) is 15.0 Å². The standard InChI is InChI=1S/C24H24N6/c1-16-7-4-10-19(13-16)26-23-27-22(25)28-24(29-23)30(20-11-5-8-17(2)14-20)21-12-6-9-18(3)15-21/h4-15H,1-3H3,(H3,25,26,27,28,29). The monoisotopic (exact) mass is 396 g/mol. The summed E-state index contributed by atoms with van der Waals surface area (Å²) >= 11 is 0. The van der Waals surface area contributed by atoms with Gasteiger partial charge >= 0.3 is 0 Å². The molecule has 0 saturated heterocycles. The molecule has 0 atom stereocenters. The lowest BCUT2D eigenvalue weighted by molar-refractivity contribution is 1.02. The van der Waals surface area contributed by atoms with Crippen LogP contribution in [0.2, 0.25) is 0 Å². The molecule has 0 aliphatic heterocycles. The van der Waals surface area contributed by atoms with E-state index in [9.17, 15) is 0 Å². The van der Waals surface area contributed by atoms with Crippen molar-refractivity contribution in [1.29, 1.82) is 0 Å². The molecule has 0 amide bonds. The highest BCUT2D eigenvalue weighted by molar-refractivity contribution is 5.74. The molecule has 4 aromatic rings. The molecule has 0 bridgehead atoms. The summed E-state index contributed by atoms with van der Waals surface area (Å²) in [6.07, 6.45) is 0. The molecule has 0 spiro atoms. The first kappa shape index (κ1) is 19.4. The minimum absolute atomic E-state index is 0.153.